The van der Waals surface area contributed by atoms with Gasteiger partial charge in [0.15, 0.2) is 0 Å². The molecule has 0 bridgehead atoms. The first kappa shape index (κ1) is 42.3. The number of fused-ring (bicyclic) bond motifs is 1. The maximum atomic E-state index is 12.5. The fourth-order valence-corrected chi connectivity index (χ4v) is 8.71. The van der Waals surface area contributed by atoms with E-state index < -0.39 is 0 Å². The fraction of sp³-hybridized carbons (Fsp3) is 0.200. The topological polar surface area (TPSA) is 50.9 Å². The molecule has 0 radical (unpaired) electrons. The maximum Gasteiger partial charge on any atom is 0.149 e. The van der Waals surface area contributed by atoms with Crippen LogP contribution in [0.2, 0.25) is 0 Å². The minimum absolute atomic E-state index is 0.0671. The zero-order valence-corrected chi connectivity index (χ0v) is 38.5. The molecule has 2 heterocycles. The molecule has 4 heteroatoms. The van der Waals surface area contributed by atoms with E-state index in [0.717, 1.165) is 72.5 Å². The maximum absolute atomic E-state index is 12.5. The van der Waals surface area contributed by atoms with Crippen LogP contribution in [0.3, 0.4) is 0 Å². The van der Waals surface area contributed by atoms with Gasteiger partial charge in [-0.3, -0.25) is 9.55 Å². The second-order valence-corrected chi connectivity index (χ2v) is 20.2. The number of hydrogen-bond donors (Lipinski definition) is 1. The zero-order chi connectivity index (χ0) is 45.0. The van der Waals surface area contributed by atoms with Crippen LogP contribution in [0.5, 0.6) is 5.75 Å². The van der Waals surface area contributed by atoms with Crippen LogP contribution in [0.1, 0.15) is 79.0 Å². The second kappa shape index (κ2) is 16.3. The first-order chi connectivity index (χ1) is 30.5. The smallest absolute Gasteiger partial charge is 0.149 e. The van der Waals surface area contributed by atoms with E-state index in [1.165, 1.54) is 16.7 Å². The van der Waals surface area contributed by atoms with Gasteiger partial charge in [-0.25, -0.2) is 4.98 Å². The van der Waals surface area contributed by atoms with Crippen molar-refractivity contribution < 1.29 is 5.11 Å². The minimum Gasteiger partial charge on any atom is -0.507 e. The number of hydrogen-bond acceptors (Lipinski definition) is 3. The lowest BCUT2D eigenvalue weighted by atomic mass is 9.79. The minimum atomic E-state index is -0.316. The molecule has 64 heavy (non-hydrogen) atoms. The lowest BCUT2D eigenvalue weighted by Crippen LogP contribution is -2.17. The van der Waals surface area contributed by atoms with Gasteiger partial charge in [0.25, 0.3) is 0 Å². The number of phenolic OH excluding ortho intramolecular Hbond substituents is 1. The van der Waals surface area contributed by atoms with Crippen LogP contribution in [-0.4, -0.2) is 19.6 Å². The third-order valence-electron chi connectivity index (χ3n) is 12.5. The van der Waals surface area contributed by atoms with Gasteiger partial charge < -0.3 is 5.11 Å². The van der Waals surface area contributed by atoms with Crippen molar-refractivity contribution in [1.29, 1.82) is 0 Å². The van der Waals surface area contributed by atoms with Gasteiger partial charge in [0.2, 0.25) is 0 Å². The van der Waals surface area contributed by atoms with Crippen molar-refractivity contribution in [2.45, 2.75) is 78.6 Å². The Balaban J connectivity index is 1.24. The van der Waals surface area contributed by atoms with Crippen molar-refractivity contribution >= 4 is 11.0 Å². The Bertz CT molecular complexity index is 3140. The highest BCUT2D eigenvalue weighted by Crippen LogP contribution is 2.46. The molecule has 1 N–H and O–H groups in total. The molecule has 0 unspecified atom stereocenters. The predicted octanol–water partition coefficient (Wildman–Crippen LogP) is 16.0. The lowest BCUT2D eigenvalue weighted by molar-refractivity contribution is 0.446. The number of aromatic nitrogens is 3. The molecule has 0 fully saturated rings. The van der Waals surface area contributed by atoms with Crippen molar-refractivity contribution in [2.75, 3.05) is 0 Å². The van der Waals surface area contributed by atoms with Gasteiger partial charge >= 0.3 is 0 Å². The summed E-state index contributed by atoms with van der Waals surface area (Å²) in [4.78, 5) is 10.5. The molecule has 0 aliphatic rings. The van der Waals surface area contributed by atoms with E-state index in [9.17, 15) is 5.11 Å². The Kier molecular flexibility index (Phi) is 10.7. The first-order valence-corrected chi connectivity index (χ1v) is 22.4. The molecule has 0 saturated heterocycles. The summed E-state index contributed by atoms with van der Waals surface area (Å²) in [6.45, 7) is 20.0. The van der Waals surface area contributed by atoms with Crippen LogP contribution in [0, 0.1) is 0 Å². The molecule has 4 nitrogen and oxygen atoms in total. The Morgan fingerprint density at radius 3 is 1.66 bits per heavy atom. The van der Waals surface area contributed by atoms with Crippen LogP contribution in [0.25, 0.3) is 83.9 Å². The van der Waals surface area contributed by atoms with Gasteiger partial charge in [0.05, 0.1) is 28.0 Å². The summed E-state index contributed by atoms with van der Waals surface area (Å²) >= 11 is 0. The van der Waals surface area contributed by atoms with Gasteiger partial charge in [0.1, 0.15) is 11.6 Å². The molecule has 0 spiro atoms. The number of aromatic hydroxyl groups is 1. The van der Waals surface area contributed by atoms with Gasteiger partial charge in [0, 0.05) is 28.5 Å². The van der Waals surface area contributed by atoms with Crippen LogP contribution in [0.4, 0.5) is 0 Å². The number of rotatable bonds is 7. The third-order valence-corrected chi connectivity index (χ3v) is 12.5. The Morgan fingerprint density at radius 1 is 0.422 bits per heavy atom. The number of imidazole rings is 1. The first-order valence-electron chi connectivity index (χ1n) is 22.4. The van der Waals surface area contributed by atoms with E-state index in [-0.39, 0.29) is 22.0 Å². The van der Waals surface area contributed by atoms with E-state index in [2.05, 4.69) is 231 Å². The van der Waals surface area contributed by atoms with Gasteiger partial charge in [-0.2, -0.15) is 0 Å². The van der Waals surface area contributed by atoms with Gasteiger partial charge in [-0.05, 0) is 103 Å². The molecule has 9 rings (SSSR count). The van der Waals surface area contributed by atoms with E-state index in [4.69, 9.17) is 9.97 Å². The number of para-hydroxylation sites is 1. The number of pyridine rings is 1. The molecule has 0 atom stereocenters. The van der Waals surface area contributed by atoms with Crippen LogP contribution in [0.15, 0.2) is 176 Å². The zero-order valence-electron chi connectivity index (χ0n) is 38.5. The summed E-state index contributed by atoms with van der Waals surface area (Å²) in [5.74, 6) is 0.954. The monoisotopic (exact) mass is 835 g/mol. The van der Waals surface area contributed by atoms with Gasteiger partial charge in [-0.1, -0.05) is 190 Å². The molecule has 9 aromatic rings. The van der Waals surface area contributed by atoms with Crippen LogP contribution in [-0.2, 0) is 16.2 Å². The Morgan fingerprint density at radius 2 is 1.00 bits per heavy atom. The summed E-state index contributed by atoms with van der Waals surface area (Å²) in [5, 5.41) is 12.5. The van der Waals surface area contributed by atoms with Crippen molar-refractivity contribution in [3.63, 3.8) is 0 Å². The van der Waals surface area contributed by atoms with E-state index in [1.54, 1.807) is 0 Å². The van der Waals surface area contributed by atoms with Crippen LogP contribution >= 0.6 is 0 Å². The average Bonchev–Trinajstić information content (AvgIpc) is 3.68. The predicted molar refractivity (Wildman–Crippen MR) is 269 cm³/mol. The molecule has 7 aromatic carbocycles. The van der Waals surface area contributed by atoms with E-state index in [1.807, 2.05) is 12.3 Å². The Labute approximate surface area is 379 Å². The largest absolute Gasteiger partial charge is 0.507 e. The van der Waals surface area contributed by atoms with Crippen molar-refractivity contribution in [3.8, 4) is 78.6 Å². The summed E-state index contributed by atoms with van der Waals surface area (Å²) in [6, 6.07) is 60.3. The summed E-state index contributed by atoms with van der Waals surface area (Å²) in [7, 11) is 0. The van der Waals surface area contributed by atoms with Gasteiger partial charge in [-0.15, -0.1) is 0 Å². The van der Waals surface area contributed by atoms with Crippen LogP contribution < -0.4 is 0 Å². The summed E-state index contributed by atoms with van der Waals surface area (Å²) < 4.78 is 2.28. The highest BCUT2D eigenvalue weighted by molar-refractivity contribution is 5.97. The molecular formula is C60H57N3O. The molecule has 318 valence electrons. The van der Waals surface area contributed by atoms with E-state index >= 15 is 0 Å². The quantitative estimate of drug-likeness (QED) is 0.174. The summed E-state index contributed by atoms with van der Waals surface area (Å²) in [5.41, 5.74) is 17.1. The third kappa shape index (κ3) is 8.17. The van der Waals surface area contributed by atoms with Crippen molar-refractivity contribution in [1.82, 2.24) is 14.5 Å². The molecule has 0 aliphatic carbocycles. The average molecular weight is 836 g/mol. The SMILES string of the molecule is CC(C)(C)c1ccc(-n2c(-c3cc(C(C)(C)C)cc(C(C)(C)C)c3O)nc3c(-c4cccc(-c5cc(-c6ccc(-c7ccccc7)cc6)ccn5)c4)cccc32)c(-c2ccccc2)c1. The number of benzene rings is 7. The number of nitrogens with zero attached hydrogens (tertiary/aromatic N) is 3. The highest BCUT2D eigenvalue weighted by Gasteiger charge is 2.29. The van der Waals surface area contributed by atoms with E-state index in [0.29, 0.717) is 11.4 Å². The normalized spacial score (nSPS) is 12.2. The standard InChI is InChI=1S/C60H57N3O/c1-58(2,3)46-30-31-53(49(36-46)42-20-14-11-15-21-42)63-54-25-17-24-48(55(54)62-57(63)50-37-47(59(4,5)6)38-51(56(50)64)60(7,8)9)44-22-16-23-45(34-44)52-35-43(32-33-61-52)41-28-26-40(27-29-41)39-18-12-10-13-19-39/h10-38,64H,1-9H3. The van der Waals surface area contributed by atoms with Crippen molar-refractivity contribution in [3.05, 3.63) is 193 Å². The summed E-state index contributed by atoms with van der Waals surface area (Å²) in [6.07, 6.45) is 1.90. The number of phenols is 1. The molecule has 0 saturated carbocycles. The molecule has 2 aromatic heterocycles. The lowest BCUT2D eigenvalue weighted by Gasteiger charge is -2.28. The molecular weight excluding hydrogens is 779 g/mol. The van der Waals surface area contributed by atoms with Crippen molar-refractivity contribution in [2.24, 2.45) is 0 Å². The molecule has 0 amide bonds. The fourth-order valence-electron chi connectivity index (χ4n) is 8.71. The second-order valence-electron chi connectivity index (χ2n) is 20.2. The molecule has 0 aliphatic heterocycles. The Hall–Kier alpha value is -7.04. The highest BCUT2D eigenvalue weighted by atomic mass is 16.3.